The van der Waals surface area contributed by atoms with Crippen LogP contribution in [-0.2, 0) is 22.0 Å². The number of nitrogens with zero attached hydrogens (tertiary/aromatic N) is 3. The topological polar surface area (TPSA) is 86.0 Å². The summed E-state index contributed by atoms with van der Waals surface area (Å²) in [5, 5.41) is 3.67. The second kappa shape index (κ2) is 5.79. The second-order valence-corrected chi connectivity index (χ2v) is 6.86. The first-order valence-electron chi connectivity index (χ1n) is 5.66. The number of aromatic nitrogens is 3. The molecule has 2 aromatic rings. The van der Waals surface area contributed by atoms with Crippen LogP contribution >= 0.6 is 15.9 Å². The van der Waals surface area contributed by atoms with Crippen LogP contribution in [0.2, 0.25) is 0 Å². The quantitative estimate of drug-likeness (QED) is 0.825. The van der Waals surface area contributed by atoms with Gasteiger partial charge in [0.25, 0.3) is 0 Å². The molecule has 0 aliphatic heterocycles. The maximum atomic E-state index is 12.1. The van der Waals surface area contributed by atoms with Crippen LogP contribution in [0.4, 0.5) is 0 Å². The minimum Gasteiger partial charge on any atom is -0.339 e. The Labute approximate surface area is 119 Å². The Kier molecular flexibility index (Phi) is 4.31. The van der Waals surface area contributed by atoms with Crippen molar-refractivity contribution in [1.82, 2.24) is 15.1 Å². The zero-order valence-corrected chi connectivity index (χ0v) is 12.6. The molecule has 0 bridgehead atoms. The lowest BCUT2D eigenvalue weighted by Crippen LogP contribution is -2.07. The first-order valence-corrected chi connectivity index (χ1v) is 8.10. The number of hydrogen-bond acceptors (Lipinski definition) is 6. The van der Waals surface area contributed by atoms with Gasteiger partial charge in [-0.25, -0.2) is 8.42 Å². The summed E-state index contributed by atoms with van der Waals surface area (Å²) >= 11 is 3.19. The van der Waals surface area contributed by atoms with E-state index in [2.05, 4.69) is 31.1 Å². The Balaban J connectivity index is 2.21. The molecule has 0 fully saturated rings. The third-order valence-electron chi connectivity index (χ3n) is 2.33. The molecule has 8 heteroatoms. The maximum absolute atomic E-state index is 12.1. The van der Waals surface area contributed by atoms with Crippen LogP contribution in [0.25, 0.3) is 0 Å². The van der Waals surface area contributed by atoms with Crippen LogP contribution in [0, 0.1) is 0 Å². The summed E-state index contributed by atoms with van der Waals surface area (Å²) in [6.45, 7) is 1.98. The van der Waals surface area contributed by atoms with Gasteiger partial charge in [-0.1, -0.05) is 12.1 Å². The largest absolute Gasteiger partial charge is 0.339 e. The van der Waals surface area contributed by atoms with E-state index in [1.54, 1.807) is 0 Å². The Morgan fingerprint density at radius 2 is 2.16 bits per heavy atom. The van der Waals surface area contributed by atoms with Crippen LogP contribution in [-0.4, -0.2) is 23.5 Å². The molecule has 0 unspecified atom stereocenters. The summed E-state index contributed by atoms with van der Waals surface area (Å²) < 4.78 is 29.8. The van der Waals surface area contributed by atoms with Gasteiger partial charge in [0.1, 0.15) is 5.75 Å². The molecular formula is C11H12BrN3O3S. The van der Waals surface area contributed by atoms with E-state index in [0.717, 1.165) is 6.42 Å². The molecule has 102 valence electrons. The molecule has 0 aliphatic carbocycles. The summed E-state index contributed by atoms with van der Waals surface area (Å²) in [7, 11) is -3.51. The van der Waals surface area contributed by atoms with Crippen molar-refractivity contribution >= 4 is 25.8 Å². The number of pyridine rings is 1. The minimum atomic E-state index is -3.51. The molecule has 0 atom stereocenters. The zero-order chi connectivity index (χ0) is 13.9. The van der Waals surface area contributed by atoms with Gasteiger partial charge in [0.15, 0.2) is 15.7 Å². The minimum absolute atomic E-state index is 0.128. The molecule has 0 saturated heterocycles. The molecule has 0 amide bonds. The molecule has 0 N–H and O–H groups in total. The highest BCUT2D eigenvalue weighted by atomic mass is 79.9. The molecule has 0 spiro atoms. The first kappa shape index (κ1) is 14.1. The molecule has 2 heterocycles. The third-order valence-corrected chi connectivity index (χ3v) is 4.35. The summed E-state index contributed by atoms with van der Waals surface area (Å²) in [6.07, 6.45) is 4.33. The fraction of sp³-hybridized carbons (Fsp3) is 0.364. The highest BCUT2D eigenvalue weighted by Crippen LogP contribution is 2.18. The number of hydrogen-bond donors (Lipinski definition) is 0. The predicted molar refractivity (Wildman–Crippen MR) is 71.1 cm³/mol. The van der Waals surface area contributed by atoms with Crippen molar-refractivity contribution in [3.8, 4) is 0 Å². The van der Waals surface area contributed by atoms with Gasteiger partial charge in [-0.2, -0.15) is 4.98 Å². The second-order valence-electron chi connectivity index (χ2n) is 3.95. The van der Waals surface area contributed by atoms with Gasteiger partial charge >= 0.3 is 0 Å². The van der Waals surface area contributed by atoms with Gasteiger partial charge in [0.2, 0.25) is 5.89 Å². The molecule has 19 heavy (non-hydrogen) atoms. The highest BCUT2D eigenvalue weighted by molar-refractivity contribution is 9.10. The monoisotopic (exact) mass is 345 g/mol. The molecule has 6 nitrogen and oxygen atoms in total. The summed E-state index contributed by atoms with van der Waals surface area (Å²) in [4.78, 5) is 8.01. The van der Waals surface area contributed by atoms with Gasteiger partial charge in [0, 0.05) is 23.3 Å². The van der Waals surface area contributed by atoms with Crippen molar-refractivity contribution in [3.05, 3.63) is 34.6 Å². The van der Waals surface area contributed by atoms with Gasteiger partial charge < -0.3 is 4.52 Å². The van der Waals surface area contributed by atoms with Crippen molar-refractivity contribution in [2.45, 2.75) is 30.4 Å². The summed E-state index contributed by atoms with van der Waals surface area (Å²) in [6, 6.07) is 1.50. The average molecular weight is 346 g/mol. The van der Waals surface area contributed by atoms with E-state index in [-0.39, 0.29) is 16.5 Å². The zero-order valence-electron chi connectivity index (χ0n) is 10.2. The fourth-order valence-corrected chi connectivity index (χ4v) is 3.15. The van der Waals surface area contributed by atoms with E-state index in [4.69, 9.17) is 4.52 Å². The van der Waals surface area contributed by atoms with Crippen molar-refractivity contribution in [1.29, 1.82) is 0 Å². The Hall–Kier alpha value is -1.28. The highest BCUT2D eigenvalue weighted by Gasteiger charge is 2.19. The van der Waals surface area contributed by atoms with Crippen molar-refractivity contribution in [2.24, 2.45) is 0 Å². The maximum Gasteiger partial charge on any atom is 0.226 e. The standard InChI is InChI=1S/C11H12BrN3O3S/c1-2-3-11-14-10(15-18-11)7-19(16,17)9-4-8(12)5-13-6-9/h4-6H,2-3,7H2,1H3. The normalized spacial score (nSPS) is 11.7. The number of sulfone groups is 1. The molecule has 2 aromatic heterocycles. The Morgan fingerprint density at radius 3 is 2.84 bits per heavy atom. The van der Waals surface area contributed by atoms with Gasteiger partial charge in [-0.15, -0.1) is 0 Å². The van der Waals surface area contributed by atoms with E-state index in [0.29, 0.717) is 16.8 Å². The Bertz CT molecular complexity index is 669. The summed E-state index contributed by atoms with van der Waals surface area (Å²) in [5.74, 6) is 0.335. The smallest absolute Gasteiger partial charge is 0.226 e. The molecule has 0 aliphatic rings. The van der Waals surface area contributed by atoms with E-state index >= 15 is 0 Å². The van der Waals surface area contributed by atoms with Gasteiger partial charge in [0.05, 0.1) is 4.90 Å². The van der Waals surface area contributed by atoms with Crippen LogP contribution in [0.15, 0.2) is 32.4 Å². The van der Waals surface area contributed by atoms with E-state index in [1.165, 1.54) is 18.5 Å². The van der Waals surface area contributed by atoms with Crippen molar-refractivity contribution in [3.63, 3.8) is 0 Å². The van der Waals surface area contributed by atoms with Crippen LogP contribution < -0.4 is 0 Å². The lowest BCUT2D eigenvalue weighted by atomic mass is 10.3. The molecule has 0 radical (unpaired) electrons. The predicted octanol–water partition coefficient (Wildman–Crippen LogP) is 2.15. The Morgan fingerprint density at radius 1 is 1.37 bits per heavy atom. The average Bonchev–Trinajstić information content (AvgIpc) is 2.76. The van der Waals surface area contributed by atoms with E-state index in [1.807, 2.05) is 6.92 Å². The number of aryl methyl sites for hydroxylation is 1. The fourth-order valence-electron chi connectivity index (χ4n) is 1.48. The third kappa shape index (κ3) is 3.60. The van der Waals surface area contributed by atoms with Crippen LogP contribution in [0.1, 0.15) is 25.1 Å². The SMILES string of the molecule is CCCc1nc(CS(=O)(=O)c2cncc(Br)c2)no1. The number of rotatable bonds is 5. The number of halogens is 1. The molecule has 0 aromatic carbocycles. The van der Waals surface area contributed by atoms with E-state index < -0.39 is 9.84 Å². The lowest BCUT2D eigenvalue weighted by molar-refractivity contribution is 0.373. The molecule has 2 rings (SSSR count). The van der Waals surface area contributed by atoms with Crippen LogP contribution in [0.3, 0.4) is 0 Å². The van der Waals surface area contributed by atoms with Gasteiger partial charge in [-0.05, 0) is 28.4 Å². The van der Waals surface area contributed by atoms with Crippen LogP contribution in [0.5, 0.6) is 0 Å². The molecular weight excluding hydrogens is 334 g/mol. The van der Waals surface area contributed by atoms with Crippen molar-refractivity contribution in [2.75, 3.05) is 0 Å². The molecule has 0 saturated carbocycles. The van der Waals surface area contributed by atoms with Crippen molar-refractivity contribution < 1.29 is 12.9 Å². The lowest BCUT2D eigenvalue weighted by Gasteiger charge is -2.01. The first-order chi connectivity index (χ1) is 9.01. The summed E-state index contributed by atoms with van der Waals surface area (Å²) in [5.41, 5.74) is 0. The van der Waals surface area contributed by atoms with Gasteiger partial charge in [-0.3, -0.25) is 4.98 Å². The van der Waals surface area contributed by atoms with E-state index in [9.17, 15) is 8.42 Å².